The number of ketones is 1. The Kier molecular flexibility index (Phi) is 3.88. The molecule has 0 unspecified atom stereocenters. The molecule has 7 rings (SSSR count). The van der Waals surface area contributed by atoms with E-state index >= 15 is 0 Å². The van der Waals surface area contributed by atoms with E-state index in [9.17, 15) is 14.4 Å². The minimum Gasteiger partial charge on any atom is -0.295 e. The van der Waals surface area contributed by atoms with Crippen LogP contribution in [-0.2, 0) is 19.3 Å². The van der Waals surface area contributed by atoms with Crippen LogP contribution in [0, 0.1) is 11.8 Å². The molecular weight excluding hydrogens is 445 g/mol. The highest BCUT2D eigenvalue weighted by atomic mass is 35.5. The fraction of sp³-hybridized carbons (Fsp3) is 0.192. The predicted molar refractivity (Wildman–Crippen MR) is 122 cm³/mol. The zero-order chi connectivity index (χ0) is 22.4. The standard InChI is InChI=1S/C26H17Cl2NO3/c1-14(30)15-10-12-16(13-11-15)29-23(31)21-22(24(29)32)26(28)18-7-3-2-6-17(18)25(21,27)19-8-4-5-9-20(19)26/h2-13,21-22H,1H3/t21-,22-,25?,26?/m0/s1. The summed E-state index contributed by atoms with van der Waals surface area (Å²) in [6.45, 7) is 1.47. The number of anilines is 1. The number of carbonyl (C=O) groups excluding carboxylic acids is 3. The first kappa shape index (κ1) is 19.7. The molecule has 3 aliphatic carbocycles. The summed E-state index contributed by atoms with van der Waals surface area (Å²) in [5, 5.41) is 0. The number of alkyl halides is 2. The van der Waals surface area contributed by atoms with E-state index in [1.54, 1.807) is 24.3 Å². The van der Waals surface area contributed by atoms with Crippen LogP contribution in [0.5, 0.6) is 0 Å². The fourth-order valence-corrected chi connectivity index (χ4v) is 6.86. The van der Waals surface area contributed by atoms with E-state index in [2.05, 4.69) is 0 Å². The molecular formula is C26H17Cl2NO3. The smallest absolute Gasteiger partial charge is 0.240 e. The monoisotopic (exact) mass is 461 g/mol. The lowest BCUT2D eigenvalue weighted by Crippen LogP contribution is -2.57. The maximum absolute atomic E-state index is 13.8. The van der Waals surface area contributed by atoms with Crippen molar-refractivity contribution in [1.82, 2.24) is 0 Å². The fourth-order valence-electron chi connectivity index (χ4n) is 5.77. The van der Waals surface area contributed by atoms with Crippen LogP contribution in [0.4, 0.5) is 5.69 Å². The molecule has 0 radical (unpaired) electrons. The highest BCUT2D eigenvalue weighted by Crippen LogP contribution is 2.69. The quantitative estimate of drug-likeness (QED) is 0.307. The molecule has 0 spiro atoms. The molecule has 1 fully saturated rings. The van der Waals surface area contributed by atoms with Gasteiger partial charge in [-0.25, -0.2) is 4.90 Å². The summed E-state index contributed by atoms with van der Waals surface area (Å²) in [6.07, 6.45) is 0. The lowest BCUT2D eigenvalue weighted by Gasteiger charge is -2.54. The number of halogens is 2. The van der Waals surface area contributed by atoms with Gasteiger partial charge in [-0.15, -0.1) is 23.2 Å². The van der Waals surface area contributed by atoms with Crippen molar-refractivity contribution in [1.29, 1.82) is 0 Å². The van der Waals surface area contributed by atoms with E-state index in [-0.39, 0.29) is 17.6 Å². The molecule has 6 heteroatoms. The number of carbonyl (C=O) groups is 3. The summed E-state index contributed by atoms with van der Waals surface area (Å²) in [5.74, 6) is -2.52. The third-order valence-electron chi connectivity index (χ3n) is 7.12. The zero-order valence-corrected chi connectivity index (χ0v) is 18.5. The van der Waals surface area contributed by atoms with Crippen LogP contribution >= 0.6 is 23.2 Å². The second-order valence-electron chi connectivity index (χ2n) is 8.58. The molecule has 2 bridgehead atoms. The van der Waals surface area contributed by atoms with Gasteiger partial charge in [0.05, 0.1) is 17.5 Å². The van der Waals surface area contributed by atoms with Gasteiger partial charge in [0.1, 0.15) is 9.75 Å². The van der Waals surface area contributed by atoms with Crippen LogP contribution in [0.3, 0.4) is 0 Å². The summed E-state index contributed by atoms with van der Waals surface area (Å²) >= 11 is 14.8. The number of benzene rings is 3. The molecule has 4 aliphatic rings. The number of nitrogens with zero attached hydrogens (tertiary/aromatic N) is 1. The average Bonchev–Trinajstić information content (AvgIpc) is 3.08. The van der Waals surface area contributed by atoms with Crippen LogP contribution in [0.15, 0.2) is 72.8 Å². The summed E-state index contributed by atoms with van der Waals surface area (Å²) in [7, 11) is 0. The molecule has 3 aromatic rings. The minimum absolute atomic E-state index is 0.0901. The number of rotatable bonds is 2. The first-order chi connectivity index (χ1) is 15.3. The van der Waals surface area contributed by atoms with E-state index in [4.69, 9.17) is 23.2 Å². The van der Waals surface area contributed by atoms with Gasteiger partial charge in [0, 0.05) is 5.56 Å². The van der Waals surface area contributed by atoms with Crippen molar-refractivity contribution < 1.29 is 14.4 Å². The SMILES string of the molecule is CC(=O)c1ccc(N2C(=O)[C@@H]3[C@@H](C2=O)C2(Cl)c4ccccc4C3(Cl)c3ccccc32)cc1. The van der Waals surface area contributed by atoms with Crippen LogP contribution in [-0.4, -0.2) is 17.6 Å². The largest absolute Gasteiger partial charge is 0.295 e. The Hall–Kier alpha value is -2.95. The first-order valence-electron chi connectivity index (χ1n) is 10.4. The highest BCUT2D eigenvalue weighted by molar-refractivity contribution is 6.38. The Morgan fingerprint density at radius 1 is 0.719 bits per heavy atom. The van der Waals surface area contributed by atoms with Gasteiger partial charge in [-0.2, -0.15) is 0 Å². The molecule has 32 heavy (non-hydrogen) atoms. The molecule has 158 valence electrons. The molecule has 1 aliphatic heterocycles. The third kappa shape index (κ3) is 2.12. The van der Waals surface area contributed by atoms with E-state index in [0.717, 1.165) is 22.3 Å². The maximum atomic E-state index is 13.8. The Bertz CT molecular complexity index is 1230. The molecule has 0 aromatic heterocycles. The van der Waals surface area contributed by atoms with Crippen molar-refractivity contribution in [2.24, 2.45) is 11.8 Å². The molecule has 4 nitrogen and oxygen atoms in total. The van der Waals surface area contributed by atoms with Gasteiger partial charge in [0.2, 0.25) is 11.8 Å². The van der Waals surface area contributed by atoms with Gasteiger partial charge in [-0.1, -0.05) is 48.5 Å². The summed E-state index contributed by atoms with van der Waals surface area (Å²) in [6, 6.07) is 21.6. The zero-order valence-electron chi connectivity index (χ0n) is 17.0. The van der Waals surface area contributed by atoms with E-state index < -0.39 is 21.6 Å². The van der Waals surface area contributed by atoms with Gasteiger partial charge in [0.25, 0.3) is 0 Å². The number of Topliss-reactive ketones (excluding diaryl/α,β-unsaturated/α-hetero) is 1. The van der Waals surface area contributed by atoms with Crippen molar-refractivity contribution in [2.45, 2.75) is 16.7 Å². The minimum atomic E-state index is -1.20. The number of imide groups is 1. The Morgan fingerprint density at radius 3 is 1.44 bits per heavy atom. The molecule has 0 N–H and O–H groups in total. The maximum Gasteiger partial charge on any atom is 0.240 e. The van der Waals surface area contributed by atoms with Gasteiger partial charge in [0.15, 0.2) is 5.78 Å². The molecule has 1 saturated heterocycles. The predicted octanol–water partition coefficient (Wildman–Crippen LogP) is 4.99. The molecule has 2 amide bonds. The topological polar surface area (TPSA) is 54.5 Å². The van der Waals surface area contributed by atoms with E-state index in [1.165, 1.54) is 11.8 Å². The van der Waals surface area contributed by atoms with E-state index in [0.29, 0.717) is 11.3 Å². The van der Waals surface area contributed by atoms with Crippen molar-refractivity contribution in [3.05, 3.63) is 101 Å². The van der Waals surface area contributed by atoms with Gasteiger partial charge >= 0.3 is 0 Å². The number of hydrogen-bond acceptors (Lipinski definition) is 3. The lowest BCUT2D eigenvalue weighted by molar-refractivity contribution is -0.122. The first-order valence-corrected chi connectivity index (χ1v) is 11.1. The normalized spacial score (nSPS) is 29.5. The van der Waals surface area contributed by atoms with Crippen molar-refractivity contribution in [3.8, 4) is 0 Å². The molecule has 1 heterocycles. The molecule has 2 atom stereocenters. The van der Waals surface area contributed by atoms with Crippen LogP contribution in [0.25, 0.3) is 0 Å². The highest BCUT2D eigenvalue weighted by Gasteiger charge is 2.73. The van der Waals surface area contributed by atoms with Crippen molar-refractivity contribution in [3.63, 3.8) is 0 Å². The summed E-state index contributed by atoms with van der Waals surface area (Å²) in [5.41, 5.74) is 4.00. The van der Waals surface area contributed by atoms with Crippen molar-refractivity contribution >= 4 is 46.5 Å². The number of hydrogen-bond donors (Lipinski definition) is 0. The van der Waals surface area contributed by atoms with E-state index in [1.807, 2.05) is 48.5 Å². The second kappa shape index (κ2) is 6.31. The Labute approximate surface area is 194 Å². The van der Waals surface area contributed by atoms with Gasteiger partial charge in [-0.3, -0.25) is 14.4 Å². The molecule has 3 aromatic carbocycles. The molecule has 0 saturated carbocycles. The Morgan fingerprint density at radius 2 is 1.09 bits per heavy atom. The van der Waals surface area contributed by atoms with Gasteiger partial charge < -0.3 is 0 Å². The summed E-state index contributed by atoms with van der Waals surface area (Å²) < 4.78 is 0. The lowest BCUT2D eigenvalue weighted by atomic mass is 9.54. The van der Waals surface area contributed by atoms with Crippen LogP contribution < -0.4 is 4.90 Å². The van der Waals surface area contributed by atoms with Crippen LogP contribution in [0.2, 0.25) is 0 Å². The number of amides is 2. The average molecular weight is 462 g/mol. The van der Waals surface area contributed by atoms with Crippen molar-refractivity contribution in [2.75, 3.05) is 4.90 Å². The van der Waals surface area contributed by atoms with Gasteiger partial charge in [-0.05, 0) is 53.4 Å². The van der Waals surface area contributed by atoms with Crippen LogP contribution in [0.1, 0.15) is 39.5 Å². The second-order valence-corrected chi connectivity index (χ2v) is 9.78. The summed E-state index contributed by atoms with van der Waals surface area (Å²) in [4.78, 5) is 38.1. The third-order valence-corrected chi connectivity index (χ3v) is 8.40. The Balaban J connectivity index is 1.60.